The minimum Gasteiger partial charge on any atom is -0.383 e. The van der Waals surface area contributed by atoms with Gasteiger partial charge in [-0.25, -0.2) is 4.98 Å². The summed E-state index contributed by atoms with van der Waals surface area (Å²) in [4.78, 5) is 16.8. The molecule has 1 N–H and O–H groups in total. The summed E-state index contributed by atoms with van der Waals surface area (Å²) in [6.07, 6.45) is 1.30. The Balaban J connectivity index is 1.27. The first-order valence-corrected chi connectivity index (χ1v) is 16.3. The van der Waals surface area contributed by atoms with Gasteiger partial charge in [0.1, 0.15) is 5.60 Å². The number of nitrogens with zero attached hydrogens (tertiary/aromatic N) is 1. The molecule has 0 saturated heterocycles. The predicted octanol–water partition coefficient (Wildman–Crippen LogP) is 9.60. The molecular weight excluding hydrogens is 605 g/mol. The van der Waals surface area contributed by atoms with Gasteiger partial charge in [0.15, 0.2) is 5.78 Å². The predicted molar refractivity (Wildman–Crippen MR) is 166 cm³/mol. The zero-order valence-corrected chi connectivity index (χ0v) is 25.9. The molecule has 4 aliphatic rings. The minimum absolute atomic E-state index is 0.0291. The van der Waals surface area contributed by atoms with Crippen molar-refractivity contribution in [1.29, 1.82) is 0 Å². The fraction of sp³-hybridized carbons (Fsp3) is 0.444. The lowest BCUT2D eigenvalue weighted by molar-refractivity contribution is -0.362. The van der Waals surface area contributed by atoms with E-state index in [1.165, 1.54) is 6.92 Å². The van der Waals surface area contributed by atoms with Crippen LogP contribution in [-0.4, -0.2) is 33.6 Å². The van der Waals surface area contributed by atoms with Crippen molar-refractivity contribution in [2.24, 2.45) is 17.3 Å². The molecule has 2 aromatic carbocycles. The monoisotopic (exact) mass is 639 g/mol. The molecule has 1 aromatic heterocycles. The average Bonchev–Trinajstić information content (AvgIpc) is 3.50. The first-order valence-electron chi connectivity index (χ1n) is 15.5. The van der Waals surface area contributed by atoms with E-state index in [1.54, 1.807) is 17.4 Å². The van der Waals surface area contributed by atoms with Crippen LogP contribution in [0, 0.1) is 24.2 Å². The molecule has 236 valence electrons. The molecule has 2 saturated carbocycles. The van der Waals surface area contributed by atoms with Crippen molar-refractivity contribution in [2.75, 3.05) is 0 Å². The van der Waals surface area contributed by atoms with Crippen LogP contribution in [0.15, 0.2) is 65.3 Å². The van der Waals surface area contributed by atoms with Crippen LogP contribution in [-0.2, 0) is 4.79 Å². The smallest absolute Gasteiger partial charge is 0.383 e. The third-order valence-electron chi connectivity index (χ3n) is 11.1. The van der Waals surface area contributed by atoms with Crippen LogP contribution in [0.5, 0.6) is 0 Å². The molecule has 2 unspecified atom stereocenters. The second-order valence-electron chi connectivity index (χ2n) is 13.4. The van der Waals surface area contributed by atoms with E-state index in [4.69, 9.17) is 0 Å². The topological polar surface area (TPSA) is 50.2 Å². The summed E-state index contributed by atoms with van der Waals surface area (Å²) < 4.78 is 73.0. The largest absolute Gasteiger partial charge is 0.456 e. The molecule has 0 bridgehead atoms. The molecule has 3 aromatic rings. The number of aryl methyl sites for hydroxylation is 1. The highest BCUT2D eigenvalue weighted by Crippen LogP contribution is 2.70. The van der Waals surface area contributed by atoms with Crippen molar-refractivity contribution in [3.8, 4) is 0 Å². The zero-order valence-electron chi connectivity index (χ0n) is 25.1. The van der Waals surface area contributed by atoms with E-state index in [0.717, 1.165) is 48.6 Å². The van der Waals surface area contributed by atoms with Crippen molar-refractivity contribution in [3.63, 3.8) is 0 Å². The van der Waals surface area contributed by atoms with E-state index in [9.17, 15) is 23.1 Å². The highest BCUT2D eigenvalue weighted by molar-refractivity contribution is 7.18. The SMILES string of the molecule is Cc1nc2cc(/C=C/c3ccc([C@H]4C[C@@]5(C)C(CC[C@@]5(O)C(F)(F)C(F)(F)F)C5CCC6=CC(=O)CCC6=C54)cc3)ccc2s1. The number of thiazole rings is 1. The number of carbonyl (C=O) groups is 1. The van der Waals surface area contributed by atoms with Gasteiger partial charge in [-0.2, -0.15) is 22.0 Å². The van der Waals surface area contributed by atoms with E-state index in [-0.39, 0.29) is 24.5 Å². The molecule has 0 amide bonds. The van der Waals surface area contributed by atoms with Crippen molar-refractivity contribution < 1.29 is 31.9 Å². The van der Waals surface area contributed by atoms with Gasteiger partial charge in [-0.15, -0.1) is 11.3 Å². The Kier molecular flexibility index (Phi) is 7.06. The molecule has 2 fully saturated rings. The van der Waals surface area contributed by atoms with E-state index >= 15 is 8.78 Å². The second-order valence-corrected chi connectivity index (χ2v) is 14.7. The molecular formula is C36H34F5NO2S. The van der Waals surface area contributed by atoms with Gasteiger partial charge in [-0.3, -0.25) is 4.79 Å². The molecule has 0 aliphatic heterocycles. The number of aliphatic hydroxyl groups is 1. The maximum atomic E-state index is 15.2. The number of fused-ring (bicyclic) bond motifs is 5. The van der Waals surface area contributed by atoms with E-state index in [0.29, 0.717) is 25.7 Å². The van der Waals surface area contributed by atoms with Crippen LogP contribution >= 0.6 is 11.3 Å². The van der Waals surface area contributed by atoms with Gasteiger partial charge in [0.25, 0.3) is 0 Å². The Bertz CT molecular complexity index is 1780. The number of allylic oxidation sites excluding steroid dienone is 4. The number of ketones is 1. The van der Waals surface area contributed by atoms with Gasteiger partial charge >= 0.3 is 12.1 Å². The molecule has 0 radical (unpaired) electrons. The first kappa shape index (κ1) is 30.5. The summed E-state index contributed by atoms with van der Waals surface area (Å²) in [6.45, 7) is 3.42. The molecule has 5 atom stereocenters. The first-order chi connectivity index (χ1) is 21.2. The van der Waals surface area contributed by atoms with Crippen LogP contribution in [0.3, 0.4) is 0 Å². The number of aromatic nitrogens is 1. The number of carbonyl (C=O) groups excluding carboxylic acids is 1. The van der Waals surface area contributed by atoms with Crippen molar-refractivity contribution >= 4 is 39.5 Å². The standard InChI is InChI=1S/C36H34F5NO2S/c1-20-42-30-17-22(7-14-31(30)45-20)4-3-21-5-8-23(9-6-21)28-19-33(2)29(15-16-34(33,44)35(37,38)36(39,40)41)27-12-10-24-18-25(43)11-13-26(24)32(27)28/h3-9,14,17-18,27-29,44H,10-13,15-16,19H2,1-2H3/b4-3+/t27?,28-,29?,33+,34+/m1/s1. The van der Waals surface area contributed by atoms with E-state index < -0.39 is 41.4 Å². The quantitative estimate of drug-likeness (QED) is 0.229. The maximum absolute atomic E-state index is 15.2. The molecule has 0 spiro atoms. The molecule has 3 nitrogen and oxygen atoms in total. The fourth-order valence-electron chi connectivity index (χ4n) is 8.91. The molecule has 7 rings (SSSR count). The summed E-state index contributed by atoms with van der Waals surface area (Å²) in [5, 5.41) is 12.5. The second kappa shape index (κ2) is 10.4. The average molecular weight is 640 g/mol. The lowest BCUT2D eigenvalue weighted by Crippen LogP contribution is -2.65. The summed E-state index contributed by atoms with van der Waals surface area (Å²) in [7, 11) is 0. The van der Waals surface area contributed by atoms with E-state index in [1.807, 2.05) is 61.5 Å². The minimum atomic E-state index is -5.86. The van der Waals surface area contributed by atoms with E-state index in [2.05, 4.69) is 4.98 Å². The third kappa shape index (κ3) is 4.67. The zero-order chi connectivity index (χ0) is 31.9. The van der Waals surface area contributed by atoms with Crippen LogP contribution in [0.1, 0.15) is 79.5 Å². The molecule has 4 aliphatic carbocycles. The Morgan fingerprint density at radius 1 is 0.978 bits per heavy atom. The number of alkyl halides is 5. The van der Waals surface area contributed by atoms with Crippen molar-refractivity contribution in [3.05, 3.63) is 87.0 Å². The van der Waals surface area contributed by atoms with Crippen molar-refractivity contribution in [1.82, 2.24) is 4.98 Å². The third-order valence-corrected chi connectivity index (χ3v) is 12.0. The van der Waals surface area contributed by atoms with Crippen LogP contribution < -0.4 is 0 Å². The van der Waals surface area contributed by atoms with Gasteiger partial charge in [-0.05, 0) is 103 Å². The normalized spacial score (nSPS) is 30.4. The summed E-state index contributed by atoms with van der Waals surface area (Å²) in [6, 6.07) is 13.8. The maximum Gasteiger partial charge on any atom is 0.456 e. The Morgan fingerprint density at radius 2 is 1.69 bits per heavy atom. The lowest BCUT2D eigenvalue weighted by Gasteiger charge is -2.56. The molecule has 1 heterocycles. The lowest BCUT2D eigenvalue weighted by atomic mass is 9.50. The van der Waals surface area contributed by atoms with Gasteiger partial charge in [0.05, 0.1) is 15.2 Å². The Hall–Kier alpha value is -3.17. The number of halogens is 5. The van der Waals surface area contributed by atoms with Gasteiger partial charge in [0.2, 0.25) is 0 Å². The Morgan fingerprint density at radius 3 is 2.42 bits per heavy atom. The molecule has 45 heavy (non-hydrogen) atoms. The van der Waals surface area contributed by atoms with Crippen molar-refractivity contribution in [2.45, 2.75) is 82.4 Å². The summed E-state index contributed by atoms with van der Waals surface area (Å²) in [5.41, 5.74) is 1.89. The highest BCUT2D eigenvalue weighted by atomic mass is 32.1. The van der Waals surface area contributed by atoms with Gasteiger partial charge in [0, 0.05) is 17.8 Å². The summed E-state index contributed by atoms with van der Waals surface area (Å²) in [5.74, 6) is -6.40. The Labute approximate surface area is 262 Å². The fourth-order valence-corrected chi connectivity index (χ4v) is 9.72. The van der Waals surface area contributed by atoms with Gasteiger partial charge < -0.3 is 5.11 Å². The summed E-state index contributed by atoms with van der Waals surface area (Å²) >= 11 is 1.64. The van der Waals surface area contributed by atoms with Gasteiger partial charge in [-0.1, -0.05) is 55.0 Å². The number of rotatable bonds is 4. The van der Waals surface area contributed by atoms with Crippen LogP contribution in [0.25, 0.3) is 22.4 Å². The van der Waals surface area contributed by atoms with Crippen LogP contribution in [0.2, 0.25) is 0 Å². The number of hydrogen-bond donors (Lipinski definition) is 1. The molecule has 9 heteroatoms. The number of hydrogen-bond acceptors (Lipinski definition) is 4. The number of benzene rings is 2. The van der Waals surface area contributed by atoms with Crippen LogP contribution in [0.4, 0.5) is 22.0 Å². The highest BCUT2D eigenvalue weighted by Gasteiger charge is 2.79.